The normalized spacial score (nSPS) is 10.2. The summed E-state index contributed by atoms with van der Waals surface area (Å²) in [5, 5.41) is 6.21. The second-order valence-corrected chi connectivity index (χ2v) is 5.11. The highest BCUT2D eigenvalue weighted by atomic mass is 16.1. The molecule has 110 valence electrons. The van der Waals surface area contributed by atoms with Crippen LogP contribution in [0, 0.1) is 13.8 Å². The van der Waals surface area contributed by atoms with Crippen molar-refractivity contribution < 1.29 is 4.79 Å². The maximum Gasteiger partial charge on any atom is 0.257 e. The minimum Gasteiger partial charge on any atom is -0.384 e. The molecule has 0 aliphatic heterocycles. The van der Waals surface area contributed by atoms with Crippen molar-refractivity contribution in [3.8, 4) is 0 Å². The number of aryl methyl sites for hydroxylation is 2. The van der Waals surface area contributed by atoms with E-state index in [-0.39, 0.29) is 5.91 Å². The molecule has 0 aliphatic carbocycles. The van der Waals surface area contributed by atoms with Crippen molar-refractivity contribution in [1.29, 1.82) is 0 Å². The molecule has 0 radical (unpaired) electrons. The van der Waals surface area contributed by atoms with Crippen molar-refractivity contribution in [2.45, 2.75) is 27.2 Å². The summed E-state index contributed by atoms with van der Waals surface area (Å²) in [6.07, 6.45) is 4.34. The Bertz CT molecular complexity index is 617. The average molecular weight is 283 g/mol. The van der Waals surface area contributed by atoms with Gasteiger partial charge in [0.1, 0.15) is 0 Å². The van der Waals surface area contributed by atoms with Crippen molar-refractivity contribution >= 4 is 17.3 Å². The lowest BCUT2D eigenvalue weighted by Crippen LogP contribution is -2.14. The van der Waals surface area contributed by atoms with E-state index < -0.39 is 0 Å². The van der Waals surface area contributed by atoms with Gasteiger partial charge in [-0.2, -0.15) is 0 Å². The van der Waals surface area contributed by atoms with E-state index in [4.69, 9.17) is 0 Å². The number of nitrogens with one attached hydrogen (secondary N) is 2. The molecule has 0 saturated heterocycles. The maximum atomic E-state index is 12.4. The minimum atomic E-state index is -0.139. The summed E-state index contributed by atoms with van der Waals surface area (Å²) in [6.45, 7) is 6.93. The van der Waals surface area contributed by atoms with E-state index in [2.05, 4.69) is 22.5 Å². The molecule has 0 atom stereocenters. The molecule has 2 rings (SSSR count). The monoisotopic (exact) mass is 283 g/mol. The molecule has 4 nitrogen and oxygen atoms in total. The number of hydrogen-bond donors (Lipinski definition) is 2. The standard InChI is InChI=1S/C17H21N3O/c1-4-8-19-15-9-14(10-18-11-15)17(21)20-16-12(2)6-5-7-13(16)3/h5-7,9-11,19H,4,8H2,1-3H3,(H,20,21). The van der Waals surface area contributed by atoms with Crippen molar-refractivity contribution in [2.24, 2.45) is 0 Å². The summed E-state index contributed by atoms with van der Waals surface area (Å²) in [5.74, 6) is -0.139. The third-order valence-corrected chi connectivity index (χ3v) is 3.30. The Kier molecular flexibility index (Phi) is 4.93. The molecule has 1 aromatic heterocycles. The second kappa shape index (κ2) is 6.88. The molecular formula is C17H21N3O. The summed E-state index contributed by atoms with van der Waals surface area (Å²) in [5.41, 5.74) is 4.40. The van der Waals surface area contributed by atoms with Crippen LogP contribution in [0.4, 0.5) is 11.4 Å². The second-order valence-electron chi connectivity index (χ2n) is 5.11. The number of rotatable bonds is 5. The lowest BCUT2D eigenvalue weighted by molar-refractivity contribution is 0.102. The van der Waals surface area contributed by atoms with E-state index in [1.807, 2.05) is 38.1 Å². The molecule has 21 heavy (non-hydrogen) atoms. The van der Waals surface area contributed by atoms with Gasteiger partial charge in [-0.15, -0.1) is 0 Å². The smallest absolute Gasteiger partial charge is 0.257 e. The van der Waals surface area contributed by atoms with Gasteiger partial charge in [0.15, 0.2) is 0 Å². The largest absolute Gasteiger partial charge is 0.384 e. The lowest BCUT2D eigenvalue weighted by Gasteiger charge is -2.12. The Morgan fingerprint density at radius 1 is 1.19 bits per heavy atom. The van der Waals surface area contributed by atoms with Crippen LogP contribution >= 0.6 is 0 Å². The maximum absolute atomic E-state index is 12.4. The Balaban J connectivity index is 2.17. The molecule has 0 bridgehead atoms. The minimum absolute atomic E-state index is 0.139. The quantitative estimate of drug-likeness (QED) is 0.878. The molecule has 2 N–H and O–H groups in total. The Morgan fingerprint density at radius 2 is 1.90 bits per heavy atom. The van der Waals surface area contributed by atoms with Crippen LogP contribution in [0.2, 0.25) is 0 Å². The first-order chi connectivity index (χ1) is 10.1. The number of benzene rings is 1. The Morgan fingerprint density at radius 3 is 2.57 bits per heavy atom. The van der Waals surface area contributed by atoms with Gasteiger partial charge in [-0.1, -0.05) is 25.1 Å². The number of aromatic nitrogens is 1. The van der Waals surface area contributed by atoms with Crippen LogP contribution in [0.3, 0.4) is 0 Å². The number of carbonyl (C=O) groups excluding carboxylic acids is 1. The highest BCUT2D eigenvalue weighted by Gasteiger charge is 2.10. The van der Waals surface area contributed by atoms with Gasteiger partial charge in [0, 0.05) is 24.6 Å². The third kappa shape index (κ3) is 3.81. The average Bonchev–Trinajstić information content (AvgIpc) is 2.49. The van der Waals surface area contributed by atoms with Gasteiger partial charge in [-0.05, 0) is 37.5 Å². The van der Waals surface area contributed by atoms with Crippen LogP contribution in [0.25, 0.3) is 0 Å². The fraction of sp³-hybridized carbons (Fsp3) is 0.294. The number of nitrogens with zero attached hydrogens (tertiary/aromatic N) is 1. The Labute approximate surface area is 125 Å². The van der Waals surface area contributed by atoms with Crippen LogP contribution in [-0.2, 0) is 0 Å². The molecule has 0 fully saturated rings. The van der Waals surface area contributed by atoms with Gasteiger partial charge < -0.3 is 10.6 Å². The summed E-state index contributed by atoms with van der Waals surface area (Å²) < 4.78 is 0. The van der Waals surface area contributed by atoms with E-state index >= 15 is 0 Å². The van der Waals surface area contributed by atoms with Crippen LogP contribution in [0.5, 0.6) is 0 Å². The lowest BCUT2D eigenvalue weighted by atomic mass is 10.1. The number of amides is 1. The molecule has 1 heterocycles. The van der Waals surface area contributed by atoms with Gasteiger partial charge in [-0.25, -0.2) is 0 Å². The molecular weight excluding hydrogens is 262 g/mol. The summed E-state index contributed by atoms with van der Waals surface area (Å²) >= 11 is 0. The van der Waals surface area contributed by atoms with Crippen LogP contribution in [0.1, 0.15) is 34.8 Å². The topological polar surface area (TPSA) is 54.0 Å². The van der Waals surface area contributed by atoms with Crippen molar-refractivity contribution in [3.63, 3.8) is 0 Å². The molecule has 0 aliphatic rings. The Hall–Kier alpha value is -2.36. The van der Waals surface area contributed by atoms with Gasteiger partial charge in [-0.3, -0.25) is 9.78 Å². The van der Waals surface area contributed by atoms with Gasteiger partial charge >= 0.3 is 0 Å². The van der Waals surface area contributed by atoms with E-state index in [1.54, 1.807) is 12.4 Å². The zero-order valence-corrected chi connectivity index (χ0v) is 12.7. The van der Waals surface area contributed by atoms with E-state index in [0.29, 0.717) is 5.56 Å². The first kappa shape index (κ1) is 15.0. The SMILES string of the molecule is CCCNc1cncc(C(=O)Nc2c(C)cccc2C)c1. The van der Waals surface area contributed by atoms with E-state index in [9.17, 15) is 4.79 Å². The van der Waals surface area contributed by atoms with Crippen LogP contribution in [-0.4, -0.2) is 17.4 Å². The molecule has 1 aromatic carbocycles. The van der Waals surface area contributed by atoms with Crippen LogP contribution in [0.15, 0.2) is 36.7 Å². The van der Waals surface area contributed by atoms with Crippen molar-refractivity contribution in [1.82, 2.24) is 4.98 Å². The van der Waals surface area contributed by atoms with E-state index in [1.165, 1.54) is 0 Å². The number of hydrogen-bond acceptors (Lipinski definition) is 3. The molecule has 2 aromatic rings. The number of pyridine rings is 1. The first-order valence-corrected chi connectivity index (χ1v) is 7.18. The first-order valence-electron chi connectivity index (χ1n) is 7.18. The number of anilines is 2. The highest BCUT2D eigenvalue weighted by molar-refractivity contribution is 6.05. The molecule has 1 amide bonds. The van der Waals surface area contributed by atoms with Gasteiger partial charge in [0.2, 0.25) is 0 Å². The summed E-state index contributed by atoms with van der Waals surface area (Å²) in [6, 6.07) is 7.78. The zero-order valence-electron chi connectivity index (χ0n) is 12.7. The summed E-state index contributed by atoms with van der Waals surface area (Å²) in [7, 11) is 0. The predicted molar refractivity (Wildman–Crippen MR) is 86.9 cm³/mol. The fourth-order valence-electron chi connectivity index (χ4n) is 2.13. The summed E-state index contributed by atoms with van der Waals surface area (Å²) in [4.78, 5) is 16.5. The van der Waals surface area contributed by atoms with Gasteiger partial charge in [0.05, 0.1) is 11.3 Å². The third-order valence-electron chi connectivity index (χ3n) is 3.30. The molecule has 0 saturated carbocycles. The zero-order chi connectivity index (χ0) is 15.2. The molecule has 0 spiro atoms. The van der Waals surface area contributed by atoms with Crippen molar-refractivity contribution in [2.75, 3.05) is 17.2 Å². The predicted octanol–water partition coefficient (Wildman–Crippen LogP) is 3.77. The highest BCUT2D eigenvalue weighted by Crippen LogP contribution is 2.20. The fourth-order valence-corrected chi connectivity index (χ4v) is 2.13. The van der Waals surface area contributed by atoms with Gasteiger partial charge in [0.25, 0.3) is 5.91 Å². The number of para-hydroxylation sites is 1. The van der Waals surface area contributed by atoms with Crippen molar-refractivity contribution in [3.05, 3.63) is 53.3 Å². The molecule has 0 unspecified atom stereocenters. The number of carbonyl (C=O) groups is 1. The van der Waals surface area contributed by atoms with Crippen LogP contribution < -0.4 is 10.6 Å². The van der Waals surface area contributed by atoms with E-state index in [0.717, 1.165) is 35.5 Å². The molecule has 4 heteroatoms.